The van der Waals surface area contributed by atoms with Crippen LogP contribution in [0.15, 0.2) is 35.5 Å². The first-order valence-corrected chi connectivity index (χ1v) is 13.0. The molecule has 1 amide bonds. The van der Waals surface area contributed by atoms with Crippen LogP contribution in [0.2, 0.25) is 5.02 Å². The lowest BCUT2D eigenvalue weighted by Gasteiger charge is -2.33. The van der Waals surface area contributed by atoms with Crippen LogP contribution in [0.5, 0.6) is 0 Å². The van der Waals surface area contributed by atoms with E-state index in [0.29, 0.717) is 55.0 Å². The fourth-order valence-electron chi connectivity index (χ4n) is 5.18. The van der Waals surface area contributed by atoms with Crippen LogP contribution in [0.3, 0.4) is 0 Å². The first-order chi connectivity index (χ1) is 18.7. The molecule has 0 radical (unpaired) electrons. The summed E-state index contributed by atoms with van der Waals surface area (Å²) in [5.74, 6) is -5.53. The summed E-state index contributed by atoms with van der Waals surface area (Å²) in [4.78, 5) is 17.8. The lowest BCUT2D eigenvalue weighted by atomic mass is 9.85. The molecular formula is C28H26ClF6N3O2. The third-order valence-electron chi connectivity index (χ3n) is 7.44. The second kappa shape index (κ2) is 11.0. The van der Waals surface area contributed by atoms with Crippen molar-refractivity contribution in [2.24, 2.45) is 11.1 Å². The predicted octanol–water partition coefficient (Wildman–Crippen LogP) is 7.68. The maximum absolute atomic E-state index is 15.0. The van der Waals surface area contributed by atoms with Crippen molar-refractivity contribution in [2.45, 2.75) is 76.1 Å². The number of halogens is 7. The maximum atomic E-state index is 15.0. The summed E-state index contributed by atoms with van der Waals surface area (Å²) in [6, 6.07) is 7.72. The molecule has 214 valence electrons. The zero-order valence-corrected chi connectivity index (χ0v) is 22.4. The van der Waals surface area contributed by atoms with Crippen molar-refractivity contribution >= 4 is 23.2 Å². The summed E-state index contributed by atoms with van der Waals surface area (Å²) in [6.07, 6.45) is -4.19. The Morgan fingerprint density at radius 3 is 2.52 bits per heavy atom. The van der Waals surface area contributed by atoms with Gasteiger partial charge in [0.2, 0.25) is 0 Å². The van der Waals surface area contributed by atoms with Crippen LogP contribution in [0.1, 0.15) is 78.1 Å². The number of hydrogen-bond donors (Lipinski definition) is 1. The molecule has 1 saturated carbocycles. The van der Waals surface area contributed by atoms with Crippen molar-refractivity contribution in [1.29, 1.82) is 5.26 Å². The second-order valence-electron chi connectivity index (χ2n) is 10.4. The number of alkyl halides is 5. The number of carbonyl (C=O) groups excluding carboxylic acids is 1. The molecule has 2 aliphatic rings. The number of hydrogen-bond acceptors (Lipinski definition) is 4. The molecule has 1 aliphatic carbocycles. The molecule has 2 aromatic carbocycles. The summed E-state index contributed by atoms with van der Waals surface area (Å²) >= 11 is 5.73. The molecule has 1 N–H and O–H groups in total. The van der Waals surface area contributed by atoms with Crippen molar-refractivity contribution in [3.8, 4) is 6.07 Å². The molecule has 0 unspecified atom stereocenters. The molecule has 12 heteroatoms. The van der Waals surface area contributed by atoms with Gasteiger partial charge in [-0.2, -0.15) is 18.4 Å². The zero-order chi connectivity index (χ0) is 29.5. The van der Waals surface area contributed by atoms with Crippen molar-refractivity contribution in [3.63, 3.8) is 0 Å². The largest absolute Gasteiger partial charge is 0.435 e. The zero-order valence-electron chi connectivity index (χ0n) is 21.6. The van der Waals surface area contributed by atoms with Gasteiger partial charge in [-0.05, 0) is 74.4 Å². The van der Waals surface area contributed by atoms with Crippen LogP contribution in [-0.2, 0) is 16.4 Å². The summed E-state index contributed by atoms with van der Waals surface area (Å²) in [7, 11) is 0. The highest BCUT2D eigenvalue weighted by atomic mass is 35.5. The Bertz CT molecular complexity index is 1380. The number of oxime groups is 1. The molecule has 0 saturated heterocycles. The van der Waals surface area contributed by atoms with E-state index in [1.165, 1.54) is 12.1 Å². The monoisotopic (exact) mass is 585 g/mol. The SMILES string of the molecule is Cc1cc(C2=NO[C@@](c3cc(C(C)(F)F)cc(Cl)c3F)(C(F)(F)F)CCC2)ccc1C(=O)N[C@@H]1CC[C@H](C#N)C1. The number of amides is 1. The van der Waals surface area contributed by atoms with Crippen molar-refractivity contribution in [3.05, 3.63) is 69.0 Å². The van der Waals surface area contributed by atoms with E-state index in [1.54, 1.807) is 13.0 Å². The van der Waals surface area contributed by atoms with E-state index in [4.69, 9.17) is 21.7 Å². The van der Waals surface area contributed by atoms with Gasteiger partial charge in [0, 0.05) is 42.0 Å². The van der Waals surface area contributed by atoms with Gasteiger partial charge in [-0.1, -0.05) is 22.8 Å². The van der Waals surface area contributed by atoms with Gasteiger partial charge >= 0.3 is 6.18 Å². The summed E-state index contributed by atoms with van der Waals surface area (Å²) in [5, 5.41) is 14.8. The van der Waals surface area contributed by atoms with Crippen LogP contribution in [0.4, 0.5) is 26.3 Å². The smallest absolute Gasteiger partial charge is 0.374 e. The number of nitriles is 1. The standard InChI is InChI=1S/C28H26ClF6N3O2/c1-15-10-17(6-8-20(15)25(39)37-19-7-5-16(11-19)14-36)23-4-3-9-27(40-38-23,28(33,34)35)21-12-18(26(2,31)32)13-22(29)24(21)30/h6,8,10,12-13,16,19H,3-5,7,9,11H2,1-2H3,(H,37,39)/t16-,19+,27-/m0/s1. The van der Waals surface area contributed by atoms with Gasteiger partial charge in [0.25, 0.3) is 17.4 Å². The molecule has 3 atom stereocenters. The van der Waals surface area contributed by atoms with E-state index in [2.05, 4.69) is 16.5 Å². The summed E-state index contributed by atoms with van der Waals surface area (Å²) in [5.41, 5.74) is -3.99. The van der Waals surface area contributed by atoms with Gasteiger partial charge in [0.1, 0.15) is 5.82 Å². The molecule has 1 fully saturated rings. The number of rotatable bonds is 5. The van der Waals surface area contributed by atoms with Gasteiger partial charge in [0.15, 0.2) is 0 Å². The van der Waals surface area contributed by atoms with Gasteiger partial charge in [-0.3, -0.25) is 4.79 Å². The quantitative estimate of drug-likeness (QED) is 0.366. The highest BCUT2D eigenvalue weighted by Crippen LogP contribution is 2.50. The average molecular weight is 586 g/mol. The fraction of sp³-hybridized carbons (Fsp3) is 0.464. The van der Waals surface area contributed by atoms with Crippen LogP contribution in [-0.4, -0.2) is 23.8 Å². The van der Waals surface area contributed by atoms with Gasteiger partial charge in [0.05, 0.1) is 16.8 Å². The Kier molecular flexibility index (Phi) is 8.14. The lowest BCUT2D eigenvalue weighted by Crippen LogP contribution is -2.44. The Morgan fingerprint density at radius 1 is 1.20 bits per heavy atom. The molecule has 2 aromatic rings. The molecule has 0 spiro atoms. The maximum Gasteiger partial charge on any atom is 0.435 e. The van der Waals surface area contributed by atoms with Gasteiger partial charge in [-0.25, -0.2) is 13.2 Å². The topological polar surface area (TPSA) is 74.5 Å². The second-order valence-corrected chi connectivity index (χ2v) is 10.8. The highest BCUT2D eigenvalue weighted by molar-refractivity contribution is 6.30. The fourth-order valence-corrected chi connectivity index (χ4v) is 5.40. The summed E-state index contributed by atoms with van der Waals surface area (Å²) < 4.78 is 86.5. The Balaban J connectivity index is 1.64. The average Bonchev–Trinajstić information content (AvgIpc) is 3.19. The van der Waals surface area contributed by atoms with Crippen LogP contribution < -0.4 is 5.32 Å². The van der Waals surface area contributed by atoms with Gasteiger partial charge in [-0.15, -0.1) is 0 Å². The van der Waals surface area contributed by atoms with Gasteiger partial charge < -0.3 is 10.2 Å². The molecule has 4 rings (SSSR count). The highest BCUT2D eigenvalue weighted by Gasteiger charge is 2.61. The third-order valence-corrected chi connectivity index (χ3v) is 7.71. The van der Waals surface area contributed by atoms with E-state index in [9.17, 15) is 31.1 Å². The van der Waals surface area contributed by atoms with Crippen LogP contribution in [0.25, 0.3) is 0 Å². The number of aryl methyl sites for hydroxylation is 1. The first kappa shape index (κ1) is 29.7. The van der Waals surface area contributed by atoms with E-state index in [0.717, 1.165) is 0 Å². The molecule has 0 aromatic heterocycles. The minimum atomic E-state index is -5.22. The van der Waals surface area contributed by atoms with Crippen LogP contribution >= 0.6 is 11.6 Å². The minimum Gasteiger partial charge on any atom is -0.374 e. The van der Waals surface area contributed by atoms with E-state index >= 15 is 0 Å². The first-order valence-electron chi connectivity index (χ1n) is 12.7. The Hall–Kier alpha value is -3.26. The third kappa shape index (κ3) is 5.78. The molecular weight excluding hydrogens is 560 g/mol. The van der Waals surface area contributed by atoms with Crippen LogP contribution in [0, 0.1) is 30.0 Å². The molecule has 5 nitrogen and oxygen atoms in total. The van der Waals surface area contributed by atoms with Crippen molar-refractivity contribution < 1.29 is 36.0 Å². The van der Waals surface area contributed by atoms with Crippen molar-refractivity contribution in [2.75, 3.05) is 0 Å². The molecule has 1 heterocycles. The summed E-state index contributed by atoms with van der Waals surface area (Å²) in [6.45, 7) is 2.13. The van der Waals surface area contributed by atoms with E-state index in [-0.39, 0.29) is 36.4 Å². The predicted molar refractivity (Wildman–Crippen MR) is 136 cm³/mol. The Labute approximate surface area is 232 Å². The lowest BCUT2D eigenvalue weighted by molar-refractivity contribution is -0.288. The van der Waals surface area contributed by atoms with E-state index in [1.807, 2.05) is 0 Å². The number of benzene rings is 2. The number of nitrogens with one attached hydrogen (secondary N) is 1. The normalized spacial score (nSPS) is 23.6. The Morgan fingerprint density at radius 2 is 1.93 bits per heavy atom. The number of nitrogens with zero attached hydrogens (tertiary/aromatic N) is 2. The molecule has 40 heavy (non-hydrogen) atoms. The number of carbonyl (C=O) groups is 1. The van der Waals surface area contributed by atoms with E-state index < -0.39 is 46.1 Å². The molecule has 0 bridgehead atoms. The molecule has 1 aliphatic heterocycles. The van der Waals surface area contributed by atoms with Crippen molar-refractivity contribution in [1.82, 2.24) is 5.32 Å². The minimum absolute atomic E-state index is 0.0133.